The fourth-order valence-electron chi connectivity index (χ4n) is 1.82. The number of alkyl halides is 3. The molecular formula is C16H12ClF3N2O3. The Labute approximate surface area is 145 Å². The SMILES string of the molecule is O=C(CO/N=C/c1ccc(O)cc1)Nc1c(Cl)cccc1C(F)(F)F. The van der Waals surface area contributed by atoms with Crippen molar-refractivity contribution >= 4 is 29.4 Å². The van der Waals surface area contributed by atoms with Gasteiger partial charge in [0, 0.05) is 0 Å². The number of rotatable bonds is 5. The first-order chi connectivity index (χ1) is 11.8. The van der Waals surface area contributed by atoms with Crippen LogP contribution in [0.5, 0.6) is 5.75 Å². The highest BCUT2D eigenvalue weighted by Crippen LogP contribution is 2.38. The monoisotopic (exact) mass is 372 g/mol. The predicted molar refractivity (Wildman–Crippen MR) is 86.7 cm³/mol. The van der Waals surface area contributed by atoms with Gasteiger partial charge in [0.2, 0.25) is 0 Å². The van der Waals surface area contributed by atoms with Gasteiger partial charge in [-0.15, -0.1) is 0 Å². The van der Waals surface area contributed by atoms with Crippen LogP contribution in [0.2, 0.25) is 5.02 Å². The molecule has 0 spiro atoms. The van der Waals surface area contributed by atoms with Crippen molar-refractivity contribution in [2.45, 2.75) is 6.18 Å². The van der Waals surface area contributed by atoms with Gasteiger partial charge in [-0.2, -0.15) is 13.2 Å². The number of phenols is 1. The molecule has 2 N–H and O–H groups in total. The van der Waals surface area contributed by atoms with E-state index in [0.717, 1.165) is 12.1 Å². The smallest absolute Gasteiger partial charge is 0.418 e. The Bertz CT molecular complexity index is 777. The highest BCUT2D eigenvalue weighted by molar-refractivity contribution is 6.34. The molecule has 2 rings (SSSR count). The van der Waals surface area contributed by atoms with Gasteiger partial charge in [0.25, 0.3) is 5.91 Å². The molecule has 25 heavy (non-hydrogen) atoms. The van der Waals surface area contributed by atoms with Crippen molar-refractivity contribution in [3.05, 3.63) is 58.6 Å². The molecule has 5 nitrogen and oxygen atoms in total. The maximum absolute atomic E-state index is 12.9. The minimum atomic E-state index is -4.66. The number of amides is 1. The molecule has 0 bridgehead atoms. The van der Waals surface area contributed by atoms with Gasteiger partial charge in [0.15, 0.2) is 6.61 Å². The molecule has 0 atom stereocenters. The van der Waals surface area contributed by atoms with Crippen LogP contribution in [-0.4, -0.2) is 23.8 Å². The Kier molecular flexibility index (Phi) is 5.87. The standard InChI is InChI=1S/C16H12ClF3N2O3/c17-13-3-1-2-12(16(18,19)20)15(13)22-14(24)9-25-21-8-10-4-6-11(23)7-5-10/h1-8,23H,9H2,(H,22,24)/b21-8+. The lowest BCUT2D eigenvalue weighted by Crippen LogP contribution is -2.20. The number of carbonyl (C=O) groups is 1. The van der Waals surface area contributed by atoms with Crippen molar-refractivity contribution in [3.8, 4) is 5.75 Å². The number of hydrogen-bond acceptors (Lipinski definition) is 4. The Morgan fingerprint density at radius 1 is 1.24 bits per heavy atom. The van der Waals surface area contributed by atoms with Crippen LogP contribution < -0.4 is 5.32 Å². The zero-order chi connectivity index (χ0) is 18.4. The molecule has 0 fully saturated rings. The summed E-state index contributed by atoms with van der Waals surface area (Å²) in [5, 5.41) is 14.5. The van der Waals surface area contributed by atoms with Gasteiger partial charge in [-0.3, -0.25) is 4.79 Å². The fourth-order valence-corrected chi connectivity index (χ4v) is 2.04. The minimum absolute atomic E-state index is 0.0812. The fraction of sp³-hybridized carbons (Fsp3) is 0.125. The summed E-state index contributed by atoms with van der Waals surface area (Å²) in [4.78, 5) is 16.5. The molecule has 0 saturated heterocycles. The van der Waals surface area contributed by atoms with Crippen molar-refractivity contribution in [2.75, 3.05) is 11.9 Å². The van der Waals surface area contributed by atoms with Gasteiger partial charge in [-0.1, -0.05) is 22.8 Å². The number of phenolic OH excluding ortho intramolecular Hbond substituents is 1. The minimum Gasteiger partial charge on any atom is -0.508 e. The first-order valence-corrected chi connectivity index (χ1v) is 7.25. The normalized spacial score (nSPS) is 11.5. The molecule has 2 aromatic rings. The summed E-state index contributed by atoms with van der Waals surface area (Å²) in [5.41, 5.74) is -0.989. The van der Waals surface area contributed by atoms with Gasteiger partial charge < -0.3 is 15.3 Å². The molecule has 1 amide bonds. The predicted octanol–water partition coefficient (Wildman–Crippen LogP) is 4.05. The maximum Gasteiger partial charge on any atom is 0.418 e. The third kappa shape index (κ3) is 5.39. The van der Waals surface area contributed by atoms with Crippen LogP contribution in [-0.2, 0) is 15.8 Å². The van der Waals surface area contributed by atoms with Crippen molar-refractivity contribution in [1.29, 1.82) is 0 Å². The van der Waals surface area contributed by atoms with E-state index in [4.69, 9.17) is 21.5 Å². The van der Waals surface area contributed by atoms with E-state index in [1.165, 1.54) is 24.4 Å². The second kappa shape index (κ2) is 7.89. The Morgan fingerprint density at radius 3 is 2.56 bits per heavy atom. The van der Waals surface area contributed by atoms with E-state index in [0.29, 0.717) is 5.56 Å². The number of halogens is 4. The first kappa shape index (κ1) is 18.6. The van der Waals surface area contributed by atoms with E-state index >= 15 is 0 Å². The summed E-state index contributed by atoms with van der Waals surface area (Å²) in [6.07, 6.45) is -3.38. The molecule has 0 aromatic heterocycles. The van der Waals surface area contributed by atoms with E-state index in [-0.39, 0.29) is 10.8 Å². The number of para-hydroxylation sites is 1. The molecule has 0 unspecified atom stereocenters. The van der Waals surface area contributed by atoms with Crippen molar-refractivity contribution < 1.29 is 27.9 Å². The molecular weight excluding hydrogens is 361 g/mol. The molecule has 132 valence electrons. The lowest BCUT2D eigenvalue weighted by Gasteiger charge is -2.14. The molecule has 2 aromatic carbocycles. The first-order valence-electron chi connectivity index (χ1n) is 6.87. The molecule has 0 aliphatic carbocycles. The number of aromatic hydroxyl groups is 1. The lowest BCUT2D eigenvalue weighted by atomic mass is 10.1. The summed E-state index contributed by atoms with van der Waals surface area (Å²) in [7, 11) is 0. The number of oxime groups is 1. The highest BCUT2D eigenvalue weighted by atomic mass is 35.5. The topological polar surface area (TPSA) is 70.9 Å². The largest absolute Gasteiger partial charge is 0.508 e. The number of anilines is 1. The quantitative estimate of drug-likeness (QED) is 0.614. The van der Waals surface area contributed by atoms with Crippen LogP contribution in [0.3, 0.4) is 0 Å². The van der Waals surface area contributed by atoms with E-state index < -0.39 is 29.9 Å². The van der Waals surface area contributed by atoms with E-state index in [9.17, 15) is 18.0 Å². The van der Waals surface area contributed by atoms with E-state index in [1.807, 2.05) is 0 Å². The number of nitrogens with one attached hydrogen (secondary N) is 1. The van der Waals surface area contributed by atoms with Crippen LogP contribution in [0.1, 0.15) is 11.1 Å². The number of benzene rings is 2. The van der Waals surface area contributed by atoms with Crippen LogP contribution in [0.15, 0.2) is 47.6 Å². The van der Waals surface area contributed by atoms with Gasteiger partial charge in [0.1, 0.15) is 5.75 Å². The summed E-state index contributed by atoms with van der Waals surface area (Å²) in [6.45, 7) is -0.600. The molecule has 0 aliphatic heterocycles. The zero-order valence-corrected chi connectivity index (χ0v) is 13.3. The summed E-state index contributed by atoms with van der Waals surface area (Å²) in [5.74, 6) is -0.765. The Morgan fingerprint density at radius 2 is 1.92 bits per heavy atom. The summed E-state index contributed by atoms with van der Waals surface area (Å²) < 4.78 is 38.8. The summed E-state index contributed by atoms with van der Waals surface area (Å²) in [6, 6.07) is 9.16. The third-order valence-electron chi connectivity index (χ3n) is 2.95. The second-order valence-corrected chi connectivity index (χ2v) is 5.22. The van der Waals surface area contributed by atoms with Crippen molar-refractivity contribution in [1.82, 2.24) is 0 Å². The van der Waals surface area contributed by atoms with E-state index in [2.05, 4.69) is 10.5 Å². The molecule has 0 saturated carbocycles. The maximum atomic E-state index is 12.9. The van der Waals surface area contributed by atoms with Crippen molar-refractivity contribution in [2.24, 2.45) is 5.16 Å². The Balaban J connectivity index is 1.96. The Hall–Kier alpha value is -2.74. The van der Waals surface area contributed by atoms with E-state index in [1.54, 1.807) is 12.1 Å². The second-order valence-electron chi connectivity index (χ2n) is 4.81. The summed E-state index contributed by atoms with van der Waals surface area (Å²) >= 11 is 5.73. The van der Waals surface area contributed by atoms with Crippen LogP contribution >= 0.6 is 11.6 Å². The van der Waals surface area contributed by atoms with Crippen LogP contribution in [0, 0.1) is 0 Å². The molecule has 0 heterocycles. The molecule has 9 heteroatoms. The highest BCUT2D eigenvalue weighted by Gasteiger charge is 2.34. The van der Waals surface area contributed by atoms with Gasteiger partial charge in [0.05, 0.1) is 22.5 Å². The average Bonchev–Trinajstić information content (AvgIpc) is 2.54. The van der Waals surface area contributed by atoms with Gasteiger partial charge in [-0.25, -0.2) is 0 Å². The van der Waals surface area contributed by atoms with Gasteiger partial charge >= 0.3 is 6.18 Å². The van der Waals surface area contributed by atoms with Gasteiger partial charge in [-0.05, 0) is 42.0 Å². The average molecular weight is 373 g/mol. The third-order valence-corrected chi connectivity index (χ3v) is 3.26. The van der Waals surface area contributed by atoms with Crippen molar-refractivity contribution in [3.63, 3.8) is 0 Å². The zero-order valence-electron chi connectivity index (χ0n) is 12.5. The number of nitrogens with zero attached hydrogens (tertiary/aromatic N) is 1. The lowest BCUT2D eigenvalue weighted by molar-refractivity contribution is -0.137. The van der Waals surface area contributed by atoms with Crippen LogP contribution in [0.25, 0.3) is 0 Å². The molecule has 0 radical (unpaired) electrons. The number of carbonyl (C=O) groups excluding carboxylic acids is 1. The van der Waals surface area contributed by atoms with Crippen LogP contribution in [0.4, 0.5) is 18.9 Å². The number of hydrogen-bond donors (Lipinski definition) is 2. The molecule has 0 aliphatic rings.